The number of benzene rings is 2. The molecule has 29 heavy (non-hydrogen) atoms. The second-order valence-electron chi connectivity index (χ2n) is 6.97. The van der Waals surface area contributed by atoms with Gasteiger partial charge in [0.1, 0.15) is 0 Å². The van der Waals surface area contributed by atoms with E-state index >= 15 is 0 Å². The Bertz CT molecular complexity index is 1140. The average Bonchev–Trinajstić information content (AvgIpc) is 3.12. The van der Waals surface area contributed by atoms with Crippen molar-refractivity contribution in [2.24, 2.45) is 0 Å². The zero-order valence-corrected chi connectivity index (χ0v) is 15.2. The van der Waals surface area contributed by atoms with Crippen molar-refractivity contribution in [3.8, 4) is 0 Å². The Morgan fingerprint density at radius 1 is 1.03 bits per heavy atom. The first kappa shape index (κ1) is 17.1. The van der Waals surface area contributed by atoms with Crippen molar-refractivity contribution in [2.45, 2.75) is 12.1 Å². The van der Waals surface area contributed by atoms with Crippen molar-refractivity contribution >= 4 is 28.5 Å². The third-order valence-corrected chi connectivity index (χ3v) is 5.33. The standard InChI is InChI=1S/C22H16N4O3/c27-22-18(14-4-3-11-23-13-14)12-20-21(17-5-1-2-6-19(17)24-20)25(22)15-7-9-16(10-8-15)26(28)29/h1-13,20-21,24H. The van der Waals surface area contributed by atoms with Gasteiger partial charge in [-0.25, -0.2) is 0 Å². The molecule has 0 radical (unpaired) electrons. The largest absolute Gasteiger partial charge is 0.376 e. The van der Waals surface area contributed by atoms with E-state index in [1.54, 1.807) is 35.5 Å². The molecule has 0 aliphatic carbocycles. The third-order valence-electron chi connectivity index (χ3n) is 5.33. The van der Waals surface area contributed by atoms with Crippen molar-refractivity contribution in [3.63, 3.8) is 0 Å². The maximum absolute atomic E-state index is 13.6. The molecule has 2 aliphatic rings. The van der Waals surface area contributed by atoms with E-state index in [9.17, 15) is 14.9 Å². The Labute approximate surface area is 166 Å². The van der Waals surface area contributed by atoms with Crippen LogP contribution >= 0.6 is 0 Å². The molecule has 0 fully saturated rings. The molecule has 0 saturated carbocycles. The Kier molecular flexibility index (Phi) is 3.87. The van der Waals surface area contributed by atoms with E-state index in [0.717, 1.165) is 16.8 Å². The summed E-state index contributed by atoms with van der Waals surface area (Å²) < 4.78 is 0. The molecule has 2 aliphatic heterocycles. The highest BCUT2D eigenvalue weighted by Gasteiger charge is 2.43. The normalized spacial score (nSPS) is 19.8. The zero-order chi connectivity index (χ0) is 20.0. The number of aromatic nitrogens is 1. The SMILES string of the molecule is O=C1C(c2cccnc2)=CC2Nc3ccccc3C2N1c1ccc([N+](=O)[O-])cc1. The van der Waals surface area contributed by atoms with Crippen molar-refractivity contribution < 1.29 is 9.72 Å². The minimum Gasteiger partial charge on any atom is -0.376 e. The van der Waals surface area contributed by atoms with Crippen LogP contribution in [0.4, 0.5) is 17.1 Å². The molecular weight excluding hydrogens is 368 g/mol. The minimum atomic E-state index is -0.446. The van der Waals surface area contributed by atoms with Gasteiger partial charge in [0.05, 0.1) is 17.0 Å². The van der Waals surface area contributed by atoms with Crippen LogP contribution in [-0.4, -0.2) is 21.9 Å². The average molecular weight is 384 g/mol. The smallest absolute Gasteiger partial charge is 0.269 e. The van der Waals surface area contributed by atoms with E-state index in [1.807, 2.05) is 36.4 Å². The van der Waals surface area contributed by atoms with E-state index < -0.39 is 4.92 Å². The number of para-hydroxylation sites is 1. The molecule has 0 saturated heterocycles. The molecule has 3 heterocycles. The quantitative estimate of drug-likeness (QED) is 0.545. The highest BCUT2D eigenvalue weighted by atomic mass is 16.6. The Morgan fingerprint density at radius 2 is 1.83 bits per heavy atom. The number of non-ortho nitro benzene ring substituents is 1. The van der Waals surface area contributed by atoms with Gasteiger partial charge in [0.25, 0.3) is 11.6 Å². The molecule has 0 bridgehead atoms. The number of pyridine rings is 1. The summed E-state index contributed by atoms with van der Waals surface area (Å²) in [4.78, 5) is 30.0. The number of carbonyl (C=O) groups excluding carboxylic acids is 1. The Morgan fingerprint density at radius 3 is 2.55 bits per heavy atom. The first-order valence-corrected chi connectivity index (χ1v) is 9.19. The summed E-state index contributed by atoms with van der Waals surface area (Å²) >= 11 is 0. The number of anilines is 2. The van der Waals surface area contributed by atoms with E-state index in [2.05, 4.69) is 10.3 Å². The van der Waals surface area contributed by atoms with Crippen LogP contribution in [0.25, 0.3) is 5.57 Å². The summed E-state index contributed by atoms with van der Waals surface area (Å²) in [6.07, 6.45) is 5.28. The summed E-state index contributed by atoms with van der Waals surface area (Å²) in [5.74, 6) is -0.161. The van der Waals surface area contributed by atoms with Gasteiger partial charge >= 0.3 is 0 Å². The maximum Gasteiger partial charge on any atom is 0.269 e. The number of fused-ring (bicyclic) bond motifs is 3. The summed E-state index contributed by atoms with van der Waals surface area (Å²) in [5, 5.41) is 14.5. The second-order valence-corrected chi connectivity index (χ2v) is 6.97. The molecule has 2 aromatic carbocycles. The molecule has 0 spiro atoms. The van der Waals surface area contributed by atoms with E-state index in [-0.39, 0.29) is 23.7 Å². The molecule has 7 heteroatoms. The van der Waals surface area contributed by atoms with Gasteiger partial charge in [0, 0.05) is 52.6 Å². The maximum atomic E-state index is 13.6. The molecule has 5 rings (SSSR count). The molecule has 2 unspecified atom stereocenters. The lowest BCUT2D eigenvalue weighted by atomic mass is 9.91. The third kappa shape index (κ3) is 2.75. The van der Waals surface area contributed by atoms with E-state index in [4.69, 9.17) is 0 Å². The predicted octanol–water partition coefficient (Wildman–Crippen LogP) is 3.96. The topological polar surface area (TPSA) is 88.4 Å². The van der Waals surface area contributed by atoms with E-state index in [1.165, 1.54) is 12.1 Å². The number of nitrogens with zero attached hydrogens (tertiary/aromatic N) is 3. The number of rotatable bonds is 3. The first-order valence-electron chi connectivity index (χ1n) is 9.19. The van der Waals surface area contributed by atoms with Gasteiger partial charge < -0.3 is 5.32 Å². The van der Waals surface area contributed by atoms with Gasteiger partial charge in [-0.05, 0) is 30.3 Å². The van der Waals surface area contributed by atoms with Gasteiger partial charge in [-0.1, -0.05) is 24.3 Å². The van der Waals surface area contributed by atoms with Crippen LogP contribution in [0.15, 0.2) is 79.1 Å². The van der Waals surface area contributed by atoms with Gasteiger partial charge in [0.15, 0.2) is 0 Å². The Balaban J connectivity index is 1.65. The fourth-order valence-corrected chi connectivity index (χ4v) is 4.03. The van der Waals surface area contributed by atoms with Crippen LogP contribution in [0, 0.1) is 10.1 Å². The lowest BCUT2D eigenvalue weighted by Crippen LogP contribution is -2.44. The van der Waals surface area contributed by atoms with E-state index in [0.29, 0.717) is 11.3 Å². The molecule has 142 valence electrons. The number of hydrogen-bond acceptors (Lipinski definition) is 5. The molecule has 1 N–H and O–H groups in total. The molecule has 1 amide bonds. The van der Waals surface area contributed by atoms with Crippen LogP contribution in [0.1, 0.15) is 17.2 Å². The molecule has 1 aromatic heterocycles. The summed E-state index contributed by atoms with van der Waals surface area (Å²) in [7, 11) is 0. The van der Waals surface area contributed by atoms with Crippen LogP contribution < -0.4 is 10.2 Å². The number of amides is 1. The van der Waals surface area contributed by atoms with Crippen molar-refractivity contribution in [2.75, 3.05) is 10.2 Å². The number of carbonyl (C=O) groups is 1. The molecule has 2 atom stereocenters. The molecular formula is C22H16N4O3. The number of nitrogens with one attached hydrogen (secondary N) is 1. The van der Waals surface area contributed by atoms with Crippen molar-refractivity contribution in [1.29, 1.82) is 0 Å². The van der Waals surface area contributed by atoms with Gasteiger partial charge in [-0.2, -0.15) is 0 Å². The number of nitro benzene ring substituents is 1. The predicted molar refractivity (Wildman–Crippen MR) is 109 cm³/mol. The molecule has 3 aromatic rings. The van der Waals surface area contributed by atoms with Gasteiger partial charge in [-0.15, -0.1) is 0 Å². The van der Waals surface area contributed by atoms with Crippen molar-refractivity contribution in [1.82, 2.24) is 4.98 Å². The summed E-state index contributed by atoms with van der Waals surface area (Å²) in [6.45, 7) is 0. The lowest BCUT2D eigenvalue weighted by molar-refractivity contribution is -0.384. The lowest BCUT2D eigenvalue weighted by Gasteiger charge is -2.37. The van der Waals surface area contributed by atoms with Gasteiger partial charge in [-0.3, -0.25) is 24.8 Å². The second kappa shape index (κ2) is 6.56. The minimum absolute atomic E-state index is 0.0114. The fourth-order valence-electron chi connectivity index (χ4n) is 4.03. The van der Waals surface area contributed by atoms with Crippen LogP contribution in [-0.2, 0) is 4.79 Å². The number of nitro groups is 1. The first-order chi connectivity index (χ1) is 14.1. The van der Waals surface area contributed by atoms with Crippen LogP contribution in [0.5, 0.6) is 0 Å². The fraction of sp³-hybridized carbons (Fsp3) is 0.0909. The van der Waals surface area contributed by atoms with Crippen molar-refractivity contribution in [3.05, 3.63) is 100 Å². The highest BCUT2D eigenvalue weighted by Crippen LogP contribution is 2.45. The number of hydrogen-bond donors (Lipinski definition) is 1. The summed E-state index contributed by atoms with van der Waals surface area (Å²) in [5.41, 5.74) is 3.89. The molecule has 7 nitrogen and oxygen atoms in total. The zero-order valence-electron chi connectivity index (χ0n) is 15.2. The highest BCUT2D eigenvalue weighted by molar-refractivity contribution is 6.27. The van der Waals surface area contributed by atoms with Gasteiger partial charge in [0.2, 0.25) is 0 Å². The monoisotopic (exact) mass is 384 g/mol. The Hall–Kier alpha value is -4.00. The van der Waals surface area contributed by atoms with Crippen LogP contribution in [0.3, 0.4) is 0 Å². The summed E-state index contributed by atoms with van der Waals surface area (Å²) in [6, 6.07) is 17.3. The van der Waals surface area contributed by atoms with Crippen LogP contribution in [0.2, 0.25) is 0 Å².